The Bertz CT molecular complexity index is 1660. The van der Waals surface area contributed by atoms with E-state index in [1.807, 2.05) is 42.7 Å². The number of nitrogens with zero attached hydrogens (tertiary/aromatic N) is 7. The highest BCUT2D eigenvalue weighted by atomic mass is 16.2. The molecule has 0 saturated carbocycles. The molecule has 1 N–H and O–H groups in total. The maximum atomic E-state index is 13.4. The predicted molar refractivity (Wildman–Crippen MR) is 142 cm³/mol. The van der Waals surface area contributed by atoms with Crippen LogP contribution in [0.3, 0.4) is 0 Å². The number of hydrogen-bond acceptors (Lipinski definition) is 6. The Hall–Kier alpha value is -4.34. The molecule has 0 aliphatic carbocycles. The van der Waals surface area contributed by atoms with Crippen molar-refractivity contribution in [3.05, 3.63) is 80.8 Å². The second kappa shape index (κ2) is 9.96. The summed E-state index contributed by atoms with van der Waals surface area (Å²) in [6, 6.07) is 16.2. The lowest BCUT2D eigenvalue weighted by Gasteiger charge is -2.13. The van der Waals surface area contributed by atoms with E-state index in [9.17, 15) is 9.59 Å². The van der Waals surface area contributed by atoms with E-state index < -0.39 is 0 Å². The van der Waals surface area contributed by atoms with Crippen LogP contribution in [-0.2, 0) is 19.6 Å². The summed E-state index contributed by atoms with van der Waals surface area (Å²) < 4.78 is 4.92. The van der Waals surface area contributed by atoms with E-state index in [0.29, 0.717) is 36.6 Å². The van der Waals surface area contributed by atoms with Gasteiger partial charge in [0, 0.05) is 31.1 Å². The molecule has 3 heterocycles. The molecular weight excluding hydrogens is 468 g/mol. The van der Waals surface area contributed by atoms with E-state index in [1.54, 1.807) is 4.57 Å². The number of aryl methyl sites for hydroxylation is 1. The van der Waals surface area contributed by atoms with Crippen molar-refractivity contribution < 1.29 is 0 Å². The molecule has 0 aliphatic heterocycles. The van der Waals surface area contributed by atoms with Crippen LogP contribution in [0, 0.1) is 0 Å². The molecule has 0 spiro atoms. The summed E-state index contributed by atoms with van der Waals surface area (Å²) in [7, 11) is 0. The molecule has 0 amide bonds. The third kappa shape index (κ3) is 4.28. The highest BCUT2D eigenvalue weighted by Gasteiger charge is 2.22. The normalized spacial score (nSPS) is 11.6. The summed E-state index contributed by atoms with van der Waals surface area (Å²) >= 11 is 0. The van der Waals surface area contributed by atoms with Crippen molar-refractivity contribution in [1.82, 2.24) is 39.3 Å². The second-order valence-electron chi connectivity index (χ2n) is 9.36. The monoisotopic (exact) mass is 498 g/mol. The minimum Gasteiger partial charge on any atom is -0.317 e. The molecule has 190 valence electrons. The predicted octanol–water partition coefficient (Wildman–Crippen LogP) is 3.81. The first-order valence-electron chi connectivity index (χ1n) is 12.6. The van der Waals surface area contributed by atoms with Crippen LogP contribution in [0.5, 0.6) is 0 Å². The van der Waals surface area contributed by atoms with Gasteiger partial charge in [0.05, 0.1) is 0 Å². The van der Waals surface area contributed by atoms with Crippen LogP contribution in [-0.4, -0.2) is 39.3 Å². The Morgan fingerprint density at radius 2 is 1.65 bits per heavy atom. The van der Waals surface area contributed by atoms with E-state index in [4.69, 9.17) is 4.98 Å². The molecule has 0 bridgehead atoms. The van der Waals surface area contributed by atoms with Crippen LogP contribution in [0.2, 0.25) is 0 Å². The Kier molecular flexibility index (Phi) is 6.56. The molecule has 37 heavy (non-hydrogen) atoms. The topological polar surface area (TPSA) is 116 Å². The van der Waals surface area contributed by atoms with Crippen molar-refractivity contribution in [2.24, 2.45) is 0 Å². The first-order chi connectivity index (χ1) is 17.9. The van der Waals surface area contributed by atoms with Crippen LogP contribution in [0.15, 0.2) is 58.1 Å². The van der Waals surface area contributed by atoms with Crippen LogP contribution in [0.1, 0.15) is 51.4 Å². The van der Waals surface area contributed by atoms with Gasteiger partial charge in [0.15, 0.2) is 17.0 Å². The highest BCUT2D eigenvalue weighted by molar-refractivity contribution is 5.80. The first kappa shape index (κ1) is 24.4. The minimum absolute atomic E-state index is 0.0775. The Labute approximate surface area is 213 Å². The lowest BCUT2D eigenvalue weighted by molar-refractivity contribution is 0.578. The Morgan fingerprint density at radius 1 is 0.919 bits per heavy atom. The zero-order chi connectivity index (χ0) is 26.1. The van der Waals surface area contributed by atoms with Gasteiger partial charge in [-0.25, -0.2) is 14.9 Å². The summed E-state index contributed by atoms with van der Waals surface area (Å²) in [4.78, 5) is 31.3. The quantitative estimate of drug-likeness (QED) is 0.348. The van der Waals surface area contributed by atoms with Gasteiger partial charge in [-0.05, 0) is 40.5 Å². The number of nitrogens with one attached hydrogen (secondary N) is 1. The van der Waals surface area contributed by atoms with Crippen molar-refractivity contribution in [2.45, 2.75) is 59.7 Å². The van der Waals surface area contributed by atoms with Gasteiger partial charge in [-0.3, -0.25) is 13.9 Å². The molecule has 5 rings (SSSR count). The van der Waals surface area contributed by atoms with E-state index in [2.05, 4.69) is 58.7 Å². The number of hydrogen-bond donors (Lipinski definition) is 1. The number of aromatic nitrogens is 8. The summed E-state index contributed by atoms with van der Waals surface area (Å²) in [5, 5.41) is 14.3. The molecule has 0 fully saturated rings. The lowest BCUT2D eigenvalue weighted by Crippen LogP contribution is -2.40. The van der Waals surface area contributed by atoms with Crippen LogP contribution in [0.25, 0.3) is 33.7 Å². The number of rotatable bonds is 8. The fraction of sp³-hybridized carbons (Fsp3) is 0.333. The molecule has 5 aromatic rings. The SMILES string of the molecule is CCCn1c(=O)n(CC)c(=O)c2c1nc(C(C)C)n2Cc1ccc(-c2ccccc2-c2nnn[nH]2)cc1. The van der Waals surface area contributed by atoms with Gasteiger partial charge in [0.25, 0.3) is 5.56 Å². The molecule has 10 nitrogen and oxygen atoms in total. The van der Waals surface area contributed by atoms with Gasteiger partial charge in [-0.2, -0.15) is 0 Å². The zero-order valence-corrected chi connectivity index (χ0v) is 21.5. The number of H-pyrrole nitrogens is 1. The zero-order valence-electron chi connectivity index (χ0n) is 21.5. The average molecular weight is 499 g/mol. The van der Waals surface area contributed by atoms with Crippen LogP contribution < -0.4 is 11.2 Å². The molecular formula is C27H30N8O2. The standard InChI is InChI=1S/C27H30N8O2/c1-5-15-34-25-22(26(36)33(6-2)27(34)37)35(24(28-25)17(3)4)16-18-11-13-19(14-12-18)20-9-7-8-10-21(20)23-29-31-32-30-23/h7-14,17H,5-6,15-16H2,1-4H3,(H,29,30,31,32). The van der Waals surface area contributed by atoms with Gasteiger partial charge < -0.3 is 4.57 Å². The molecule has 3 aromatic heterocycles. The smallest absolute Gasteiger partial charge is 0.317 e. The van der Waals surface area contributed by atoms with Crippen molar-refractivity contribution in [1.29, 1.82) is 0 Å². The fourth-order valence-corrected chi connectivity index (χ4v) is 4.80. The van der Waals surface area contributed by atoms with Crippen molar-refractivity contribution in [3.63, 3.8) is 0 Å². The van der Waals surface area contributed by atoms with Gasteiger partial charge in [-0.15, -0.1) is 5.10 Å². The fourth-order valence-electron chi connectivity index (χ4n) is 4.80. The highest BCUT2D eigenvalue weighted by Crippen LogP contribution is 2.30. The molecule has 0 aliphatic rings. The average Bonchev–Trinajstić information content (AvgIpc) is 3.56. The number of benzene rings is 2. The van der Waals surface area contributed by atoms with Gasteiger partial charge in [0.2, 0.25) is 0 Å². The Balaban J connectivity index is 1.60. The second-order valence-corrected chi connectivity index (χ2v) is 9.36. The number of aromatic amines is 1. The first-order valence-corrected chi connectivity index (χ1v) is 12.6. The van der Waals surface area contributed by atoms with E-state index in [-0.39, 0.29) is 17.2 Å². The molecule has 0 saturated heterocycles. The lowest BCUT2D eigenvalue weighted by atomic mass is 9.98. The maximum absolute atomic E-state index is 13.4. The molecule has 0 atom stereocenters. The summed E-state index contributed by atoms with van der Waals surface area (Å²) in [6.07, 6.45) is 0.772. The van der Waals surface area contributed by atoms with Crippen LogP contribution >= 0.6 is 0 Å². The Morgan fingerprint density at radius 3 is 2.27 bits per heavy atom. The van der Waals surface area contributed by atoms with Gasteiger partial charge in [0.1, 0.15) is 5.82 Å². The summed E-state index contributed by atoms with van der Waals surface area (Å²) in [6.45, 7) is 9.24. The van der Waals surface area contributed by atoms with Crippen molar-refractivity contribution in [3.8, 4) is 22.5 Å². The number of imidazole rings is 1. The van der Waals surface area contributed by atoms with E-state index >= 15 is 0 Å². The number of tetrazole rings is 1. The largest absolute Gasteiger partial charge is 0.332 e. The molecule has 0 unspecified atom stereocenters. The maximum Gasteiger partial charge on any atom is 0.332 e. The molecule has 0 radical (unpaired) electrons. The van der Waals surface area contributed by atoms with Crippen molar-refractivity contribution >= 4 is 11.2 Å². The van der Waals surface area contributed by atoms with Crippen LogP contribution in [0.4, 0.5) is 0 Å². The minimum atomic E-state index is -0.299. The number of fused-ring (bicyclic) bond motifs is 1. The third-order valence-corrected chi connectivity index (χ3v) is 6.56. The van der Waals surface area contributed by atoms with Gasteiger partial charge >= 0.3 is 5.69 Å². The summed E-state index contributed by atoms with van der Waals surface area (Å²) in [5.74, 6) is 1.47. The van der Waals surface area contributed by atoms with Crippen molar-refractivity contribution in [2.75, 3.05) is 0 Å². The van der Waals surface area contributed by atoms with E-state index in [0.717, 1.165) is 34.5 Å². The summed E-state index contributed by atoms with van der Waals surface area (Å²) in [5.41, 5.74) is 4.34. The molecule has 10 heteroatoms. The molecule has 2 aromatic carbocycles. The van der Waals surface area contributed by atoms with Gasteiger partial charge in [-0.1, -0.05) is 69.3 Å². The third-order valence-electron chi connectivity index (χ3n) is 6.56. The van der Waals surface area contributed by atoms with E-state index in [1.165, 1.54) is 4.57 Å².